The fraction of sp³-hybridized carbons (Fsp3) is 0.400. The van der Waals surface area contributed by atoms with Gasteiger partial charge in [0.1, 0.15) is 0 Å². The second kappa shape index (κ2) is 6.80. The first kappa shape index (κ1) is 14.2. The molecule has 2 rings (SSSR count). The Kier molecular flexibility index (Phi) is 5.07. The monoisotopic (exact) mass is 276 g/mol. The van der Waals surface area contributed by atoms with Crippen LogP contribution in [0.15, 0.2) is 35.8 Å². The molecule has 0 aliphatic heterocycles. The molecule has 0 aliphatic carbocycles. The smallest absolute Gasteiger partial charge is 0.0896 e. The summed E-state index contributed by atoms with van der Waals surface area (Å²) in [4.78, 5) is 5.39. The van der Waals surface area contributed by atoms with Crippen molar-refractivity contribution in [3.63, 3.8) is 0 Å². The number of aliphatic hydroxyl groups is 1. The van der Waals surface area contributed by atoms with E-state index < -0.39 is 0 Å². The first-order valence-electron chi connectivity index (χ1n) is 6.51. The van der Waals surface area contributed by atoms with E-state index in [0.29, 0.717) is 6.42 Å². The van der Waals surface area contributed by atoms with Crippen molar-refractivity contribution in [2.24, 2.45) is 0 Å². The maximum Gasteiger partial charge on any atom is 0.0896 e. The number of aliphatic hydroxyl groups excluding tert-OH is 1. The molecule has 3 nitrogen and oxygen atoms in total. The molecular formula is C15H20N2OS. The summed E-state index contributed by atoms with van der Waals surface area (Å²) in [5, 5.41) is 15.5. The predicted molar refractivity (Wildman–Crippen MR) is 79.2 cm³/mol. The standard InChI is InChI=1S/C15H20N2OS/c1-11-5-6-13(17-9-11)10-16-12(2)8-14(18)15-4-3-7-19-15/h3-7,9,12,14,16,18H,8,10H2,1-2H3/t12-,14+/m1/s1. The van der Waals surface area contributed by atoms with Crippen LogP contribution in [0.2, 0.25) is 0 Å². The third kappa shape index (κ3) is 4.42. The van der Waals surface area contributed by atoms with Crippen molar-refractivity contribution in [3.05, 3.63) is 52.0 Å². The van der Waals surface area contributed by atoms with Gasteiger partial charge in [-0.2, -0.15) is 0 Å². The van der Waals surface area contributed by atoms with Gasteiger partial charge in [-0.25, -0.2) is 0 Å². The van der Waals surface area contributed by atoms with Gasteiger partial charge in [0.05, 0.1) is 11.8 Å². The minimum atomic E-state index is -0.381. The number of hydrogen-bond acceptors (Lipinski definition) is 4. The third-order valence-corrected chi connectivity index (χ3v) is 4.03. The topological polar surface area (TPSA) is 45.1 Å². The van der Waals surface area contributed by atoms with Crippen molar-refractivity contribution in [3.8, 4) is 0 Å². The summed E-state index contributed by atoms with van der Waals surface area (Å²) in [7, 11) is 0. The molecule has 0 radical (unpaired) electrons. The molecule has 0 amide bonds. The number of hydrogen-bond donors (Lipinski definition) is 2. The van der Waals surface area contributed by atoms with Crippen LogP contribution in [0.3, 0.4) is 0 Å². The van der Waals surface area contributed by atoms with Crippen LogP contribution in [-0.4, -0.2) is 16.1 Å². The van der Waals surface area contributed by atoms with Crippen molar-refractivity contribution in [1.82, 2.24) is 10.3 Å². The summed E-state index contributed by atoms with van der Waals surface area (Å²) >= 11 is 1.60. The van der Waals surface area contributed by atoms with E-state index in [2.05, 4.69) is 23.3 Å². The Labute approximate surface area is 118 Å². The second-order valence-electron chi connectivity index (χ2n) is 4.88. The van der Waals surface area contributed by atoms with Gasteiger partial charge in [0.15, 0.2) is 0 Å². The predicted octanol–water partition coefficient (Wildman–Crippen LogP) is 3.05. The van der Waals surface area contributed by atoms with Crippen LogP contribution in [0.5, 0.6) is 0 Å². The summed E-state index contributed by atoms with van der Waals surface area (Å²) in [6, 6.07) is 8.29. The van der Waals surface area contributed by atoms with Crippen molar-refractivity contribution in [2.75, 3.05) is 0 Å². The summed E-state index contributed by atoms with van der Waals surface area (Å²) < 4.78 is 0. The lowest BCUT2D eigenvalue weighted by Gasteiger charge is -2.17. The van der Waals surface area contributed by atoms with Crippen LogP contribution >= 0.6 is 11.3 Å². The van der Waals surface area contributed by atoms with Gasteiger partial charge in [-0.1, -0.05) is 12.1 Å². The van der Waals surface area contributed by atoms with E-state index in [0.717, 1.165) is 17.1 Å². The molecule has 0 unspecified atom stereocenters. The molecule has 0 saturated heterocycles. The molecule has 2 aromatic rings. The Morgan fingerprint density at radius 2 is 2.21 bits per heavy atom. The van der Waals surface area contributed by atoms with Gasteiger partial charge in [0, 0.05) is 23.7 Å². The molecule has 2 N–H and O–H groups in total. The number of aryl methyl sites for hydroxylation is 1. The average Bonchev–Trinajstić information content (AvgIpc) is 2.92. The zero-order valence-electron chi connectivity index (χ0n) is 11.3. The van der Waals surface area contributed by atoms with Gasteiger partial charge in [-0.3, -0.25) is 4.98 Å². The molecule has 2 heterocycles. The minimum absolute atomic E-state index is 0.250. The van der Waals surface area contributed by atoms with Gasteiger partial charge in [-0.05, 0) is 43.3 Å². The molecule has 0 spiro atoms. The maximum atomic E-state index is 10.1. The van der Waals surface area contributed by atoms with Gasteiger partial charge < -0.3 is 10.4 Å². The molecule has 0 aromatic carbocycles. The van der Waals surface area contributed by atoms with E-state index in [1.54, 1.807) is 11.3 Å². The Bertz CT molecular complexity index is 481. The Balaban J connectivity index is 1.78. The first-order valence-corrected chi connectivity index (χ1v) is 7.39. The maximum absolute atomic E-state index is 10.1. The number of nitrogens with one attached hydrogen (secondary N) is 1. The van der Waals surface area contributed by atoms with E-state index in [1.807, 2.05) is 36.7 Å². The molecule has 19 heavy (non-hydrogen) atoms. The van der Waals surface area contributed by atoms with Gasteiger partial charge >= 0.3 is 0 Å². The second-order valence-corrected chi connectivity index (χ2v) is 5.86. The van der Waals surface area contributed by atoms with Crippen LogP contribution in [0.4, 0.5) is 0 Å². The van der Waals surface area contributed by atoms with Crippen LogP contribution in [-0.2, 0) is 6.54 Å². The fourth-order valence-corrected chi connectivity index (χ4v) is 2.62. The van der Waals surface area contributed by atoms with Crippen molar-refractivity contribution < 1.29 is 5.11 Å². The van der Waals surface area contributed by atoms with Gasteiger partial charge in [-0.15, -0.1) is 11.3 Å². The van der Waals surface area contributed by atoms with Crippen LogP contribution < -0.4 is 5.32 Å². The van der Waals surface area contributed by atoms with Crippen molar-refractivity contribution >= 4 is 11.3 Å². The lowest BCUT2D eigenvalue weighted by molar-refractivity contribution is 0.157. The summed E-state index contributed by atoms with van der Waals surface area (Å²) in [6.45, 7) is 4.86. The summed E-state index contributed by atoms with van der Waals surface area (Å²) in [6.07, 6.45) is 2.21. The number of nitrogens with zero attached hydrogens (tertiary/aromatic N) is 1. The highest BCUT2D eigenvalue weighted by Gasteiger charge is 2.12. The number of rotatable bonds is 6. The van der Waals surface area contributed by atoms with Crippen LogP contribution in [0.25, 0.3) is 0 Å². The van der Waals surface area contributed by atoms with Crippen LogP contribution in [0, 0.1) is 6.92 Å². The molecule has 0 aliphatic rings. The number of pyridine rings is 1. The third-order valence-electron chi connectivity index (χ3n) is 3.05. The zero-order chi connectivity index (χ0) is 13.7. The highest BCUT2D eigenvalue weighted by atomic mass is 32.1. The SMILES string of the molecule is Cc1ccc(CN[C@H](C)C[C@H](O)c2cccs2)nc1. The molecule has 102 valence electrons. The van der Waals surface area contributed by atoms with Crippen molar-refractivity contribution in [1.29, 1.82) is 0 Å². The van der Waals surface area contributed by atoms with Gasteiger partial charge in [0.2, 0.25) is 0 Å². The Morgan fingerprint density at radius 3 is 2.84 bits per heavy atom. The number of aromatic nitrogens is 1. The lowest BCUT2D eigenvalue weighted by Crippen LogP contribution is -2.27. The molecule has 4 heteroatoms. The molecule has 2 atom stereocenters. The van der Waals surface area contributed by atoms with Gasteiger partial charge in [0.25, 0.3) is 0 Å². The van der Waals surface area contributed by atoms with Crippen LogP contribution in [0.1, 0.15) is 35.6 Å². The molecule has 0 bridgehead atoms. The average molecular weight is 276 g/mol. The first-order chi connectivity index (χ1) is 9.15. The molecule has 2 aromatic heterocycles. The van der Waals surface area contributed by atoms with Crippen molar-refractivity contribution in [2.45, 2.75) is 39.0 Å². The van der Waals surface area contributed by atoms with E-state index in [1.165, 1.54) is 5.56 Å². The Morgan fingerprint density at radius 1 is 1.37 bits per heavy atom. The largest absolute Gasteiger partial charge is 0.388 e. The number of thiophene rings is 1. The highest BCUT2D eigenvalue weighted by Crippen LogP contribution is 2.22. The highest BCUT2D eigenvalue weighted by molar-refractivity contribution is 7.10. The van der Waals surface area contributed by atoms with E-state index in [-0.39, 0.29) is 12.1 Å². The lowest BCUT2D eigenvalue weighted by atomic mass is 10.1. The van der Waals surface area contributed by atoms with E-state index in [4.69, 9.17) is 0 Å². The molecule has 0 fully saturated rings. The zero-order valence-corrected chi connectivity index (χ0v) is 12.2. The molecular weight excluding hydrogens is 256 g/mol. The summed E-state index contributed by atoms with van der Waals surface area (Å²) in [5.74, 6) is 0. The van der Waals surface area contributed by atoms with E-state index in [9.17, 15) is 5.11 Å². The fourth-order valence-electron chi connectivity index (χ4n) is 1.90. The summed E-state index contributed by atoms with van der Waals surface area (Å²) in [5.41, 5.74) is 2.20. The quantitative estimate of drug-likeness (QED) is 0.852. The van der Waals surface area contributed by atoms with E-state index >= 15 is 0 Å². The normalized spacial score (nSPS) is 14.3. The molecule has 0 saturated carbocycles. The Hall–Kier alpha value is -1.23. The minimum Gasteiger partial charge on any atom is -0.388 e.